The first-order chi connectivity index (χ1) is 17.4. The van der Waals surface area contributed by atoms with Gasteiger partial charge in [0.25, 0.3) is 0 Å². The summed E-state index contributed by atoms with van der Waals surface area (Å²) < 4.78 is 5.44. The Morgan fingerprint density at radius 2 is 1.73 bits per heavy atom. The standard InChI is InChI=1S/C29H45N3O4S/c1-9-11-12-13-19-32(27(34)24(18-20-37-8)31-28(35)36-29(5,6)7)25(26(33)30-21(3)4)23-16-14-22(10-2)15-17-23/h2,14-17,21,24-25H,9,11-13,18-20H2,1,3-8H3,(H,30,33)(H,31,35). The summed E-state index contributed by atoms with van der Waals surface area (Å²) in [7, 11) is 0. The number of benzene rings is 1. The number of nitrogens with zero attached hydrogens (tertiary/aromatic N) is 1. The number of alkyl carbamates (subject to hydrolysis) is 1. The maximum atomic E-state index is 14.1. The van der Waals surface area contributed by atoms with Gasteiger partial charge in [-0.15, -0.1) is 6.42 Å². The van der Waals surface area contributed by atoms with E-state index in [1.54, 1.807) is 61.7 Å². The Balaban J connectivity index is 3.46. The van der Waals surface area contributed by atoms with E-state index in [0.29, 0.717) is 29.8 Å². The van der Waals surface area contributed by atoms with Gasteiger partial charge in [0.15, 0.2) is 0 Å². The van der Waals surface area contributed by atoms with Gasteiger partial charge in [-0.05, 0) is 77.2 Å². The zero-order valence-electron chi connectivity index (χ0n) is 23.6. The molecule has 0 radical (unpaired) electrons. The van der Waals surface area contributed by atoms with Crippen LogP contribution in [0, 0.1) is 12.3 Å². The Morgan fingerprint density at radius 3 is 2.24 bits per heavy atom. The molecule has 0 bridgehead atoms. The molecule has 0 aliphatic rings. The van der Waals surface area contributed by atoms with Crippen LogP contribution in [0.3, 0.4) is 0 Å². The highest BCUT2D eigenvalue weighted by Crippen LogP contribution is 2.25. The molecule has 0 aromatic heterocycles. The molecular formula is C29H45N3O4S. The molecule has 7 nitrogen and oxygen atoms in total. The van der Waals surface area contributed by atoms with Crippen LogP contribution in [0.2, 0.25) is 0 Å². The van der Waals surface area contributed by atoms with Crippen molar-refractivity contribution in [2.24, 2.45) is 0 Å². The minimum atomic E-state index is -0.861. The van der Waals surface area contributed by atoms with Crippen molar-refractivity contribution in [3.63, 3.8) is 0 Å². The van der Waals surface area contributed by atoms with E-state index in [1.807, 2.05) is 20.1 Å². The maximum Gasteiger partial charge on any atom is 0.408 e. The predicted octanol–water partition coefficient (Wildman–Crippen LogP) is 5.29. The molecule has 37 heavy (non-hydrogen) atoms. The fourth-order valence-corrected chi connectivity index (χ4v) is 4.29. The maximum absolute atomic E-state index is 14.1. The molecule has 1 aromatic carbocycles. The first-order valence-electron chi connectivity index (χ1n) is 13.1. The number of hydrogen-bond acceptors (Lipinski definition) is 5. The molecule has 206 valence electrons. The number of amides is 3. The average molecular weight is 532 g/mol. The monoisotopic (exact) mass is 531 g/mol. The topological polar surface area (TPSA) is 87.7 Å². The number of carbonyl (C=O) groups excluding carboxylic acids is 3. The van der Waals surface area contributed by atoms with Crippen LogP contribution in [0.4, 0.5) is 4.79 Å². The Labute approximate surface area is 227 Å². The van der Waals surface area contributed by atoms with Gasteiger partial charge in [-0.1, -0.05) is 44.2 Å². The van der Waals surface area contributed by atoms with E-state index in [0.717, 1.165) is 25.7 Å². The van der Waals surface area contributed by atoms with Crippen LogP contribution >= 0.6 is 11.8 Å². The molecular weight excluding hydrogens is 486 g/mol. The minimum Gasteiger partial charge on any atom is -0.444 e. The number of ether oxygens (including phenoxy) is 1. The summed E-state index contributed by atoms with van der Waals surface area (Å²) in [5.41, 5.74) is 0.661. The summed E-state index contributed by atoms with van der Waals surface area (Å²) in [6, 6.07) is 5.34. The summed E-state index contributed by atoms with van der Waals surface area (Å²) in [6.45, 7) is 11.6. The third-order valence-corrected chi connectivity index (χ3v) is 6.16. The molecule has 1 aromatic rings. The molecule has 2 unspecified atom stereocenters. The van der Waals surface area contributed by atoms with Crippen LogP contribution < -0.4 is 10.6 Å². The van der Waals surface area contributed by atoms with Crippen LogP contribution in [0.15, 0.2) is 24.3 Å². The summed E-state index contributed by atoms with van der Waals surface area (Å²) in [5.74, 6) is 2.68. The quantitative estimate of drug-likeness (QED) is 0.252. The average Bonchev–Trinajstić information content (AvgIpc) is 2.81. The van der Waals surface area contributed by atoms with Crippen molar-refractivity contribution in [3.05, 3.63) is 35.4 Å². The second-order valence-corrected chi connectivity index (χ2v) is 11.4. The number of terminal acetylenes is 1. The predicted molar refractivity (Wildman–Crippen MR) is 152 cm³/mol. The number of nitrogens with one attached hydrogen (secondary N) is 2. The third-order valence-electron chi connectivity index (χ3n) is 5.52. The Kier molecular flexibility index (Phi) is 14.2. The van der Waals surface area contributed by atoms with Crippen LogP contribution in [0.25, 0.3) is 0 Å². The van der Waals surface area contributed by atoms with Crippen molar-refractivity contribution in [2.75, 3.05) is 18.6 Å². The van der Waals surface area contributed by atoms with E-state index < -0.39 is 23.8 Å². The van der Waals surface area contributed by atoms with E-state index in [-0.39, 0.29) is 17.9 Å². The summed E-state index contributed by atoms with van der Waals surface area (Å²) in [4.78, 5) is 41.9. The lowest BCUT2D eigenvalue weighted by atomic mass is 10.00. The second-order valence-electron chi connectivity index (χ2n) is 10.4. The summed E-state index contributed by atoms with van der Waals surface area (Å²) in [6.07, 6.45) is 11.0. The molecule has 2 atom stereocenters. The number of hydrogen-bond donors (Lipinski definition) is 2. The van der Waals surface area contributed by atoms with E-state index in [9.17, 15) is 14.4 Å². The van der Waals surface area contributed by atoms with Gasteiger partial charge in [-0.3, -0.25) is 9.59 Å². The minimum absolute atomic E-state index is 0.107. The van der Waals surface area contributed by atoms with Gasteiger partial charge in [0, 0.05) is 18.2 Å². The van der Waals surface area contributed by atoms with Crippen molar-refractivity contribution < 1.29 is 19.1 Å². The molecule has 0 aliphatic heterocycles. The zero-order valence-corrected chi connectivity index (χ0v) is 24.4. The van der Waals surface area contributed by atoms with Crippen molar-refractivity contribution in [1.29, 1.82) is 0 Å². The van der Waals surface area contributed by atoms with E-state index >= 15 is 0 Å². The van der Waals surface area contributed by atoms with Crippen molar-refractivity contribution in [1.82, 2.24) is 15.5 Å². The van der Waals surface area contributed by atoms with E-state index in [1.165, 1.54) is 0 Å². The van der Waals surface area contributed by atoms with Gasteiger partial charge in [0.05, 0.1) is 0 Å². The number of rotatable bonds is 14. The molecule has 0 aliphatic carbocycles. The lowest BCUT2D eigenvalue weighted by Crippen LogP contribution is -2.54. The molecule has 2 N–H and O–H groups in total. The van der Waals surface area contributed by atoms with Gasteiger partial charge < -0.3 is 20.3 Å². The Bertz CT molecular complexity index is 903. The molecule has 0 saturated heterocycles. The molecule has 0 heterocycles. The first kappa shape index (κ1) is 32.4. The fraction of sp³-hybridized carbons (Fsp3) is 0.621. The van der Waals surface area contributed by atoms with E-state index in [4.69, 9.17) is 11.2 Å². The Hall–Kier alpha value is -2.66. The summed E-state index contributed by atoms with van der Waals surface area (Å²) in [5, 5.41) is 5.74. The van der Waals surface area contributed by atoms with Gasteiger partial charge in [-0.2, -0.15) is 11.8 Å². The normalized spacial score (nSPS) is 12.8. The molecule has 8 heteroatoms. The SMILES string of the molecule is C#Cc1ccc(C(C(=O)NC(C)C)N(CCCCCC)C(=O)C(CCSC)NC(=O)OC(C)(C)C)cc1. The van der Waals surface area contributed by atoms with Crippen molar-refractivity contribution >= 4 is 29.7 Å². The van der Waals surface area contributed by atoms with Gasteiger partial charge in [0.1, 0.15) is 17.7 Å². The number of carbonyl (C=O) groups is 3. The third kappa shape index (κ3) is 12.0. The summed E-state index contributed by atoms with van der Waals surface area (Å²) >= 11 is 1.59. The molecule has 0 spiro atoms. The zero-order chi connectivity index (χ0) is 28.0. The largest absolute Gasteiger partial charge is 0.444 e. The number of thioether (sulfide) groups is 1. The lowest BCUT2D eigenvalue weighted by molar-refractivity contribution is -0.142. The highest BCUT2D eigenvalue weighted by molar-refractivity contribution is 7.98. The molecule has 1 rings (SSSR count). The van der Waals surface area contributed by atoms with Crippen LogP contribution in [-0.4, -0.2) is 59.0 Å². The smallest absolute Gasteiger partial charge is 0.408 e. The fourth-order valence-electron chi connectivity index (χ4n) is 3.82. The molecule has 0 saturated carbocycles. The van der Waals surface area contributed by atoms with Gasteiger partial charge in [-0.25, -0.2) is 4.79 Å². The van der Waals surface area contributed by atoms with Crippen LogP contribution in [0.5, 0.6) is 0 Å². The van der Waals surface area contributed by atoms with Crippen LogP contribution in [0.1, 0.15) is 90.8 Å². The lowest BCUT2D eigenvalue weighted by Gasteiger charge is -2.35. The molecule has 0 fully saturated rings. The first-order valence-corrected chi connectivity index (χ1v) is 14.5. The van der Waals surface area contributed by atoms with Crippen LogP contribution in [-0.2, 0) is 14.3 Å². The van der Waals surface area contributed by atoms with Gasteiger partial charge in [0.2, 0.25) is 11.8 Å². The number of unbranched alkanes of at least 4 members (excludes halogenated alkanes) is 3. The van der Waals surface area contributed by atoms with Crippen molar-refractivity contribution in [3.8, 4) is 12.3 Å². The second kappa shape index (κ2) is 16.2. The van der Waals surface area contributed by atoms with Crippen molar-refractivity contribution in [2.45, 2.75) is 97.4 Å². The highest BCUT2D eigenvalue weighted by atomic mass is 32.2. The molecule has 3 amide bonds. The highest BCUT2D eigenvalue weighted by Gasteiger charge is 2.36. The van der Waals surface area contributed by atoms with Gasteiger partial charge >= 0.3 is 6.09 Å². The van der Waals surface area contributed by atoms with E-state index in [2.05, 4.69) is 23.5 Å². The Morgan fingerprint density at radius 1 is 1.08 bits per heavy atom.